The number of nitrogens with one attached hydrogen (secondary N) is 1. The molecule has 1 aromatic carbocycles. The molecule has 3 rings (SSSR count). The highest BCUT2D eigenvalue weighted by molar-refractivity contribution is 7.17. The van der Waals surface area contributed by atoms with E-state index in [1.54, 1.807) is 13.0 Å². The van der Waals surface area contributed by atoms with Crippen molar-refractivity contribution in [1.29, 1.82) is 0 Å². The van der Waals surface area contributed by atoms with Crippen LogP contribution < -0.4 is 5.32 Å². The van der Waals surface area contributed by atoms with Gasteiger partial charge in [0, 0.05) is 10.4 Å². The maximum absolute atomic E-state index is 12.5. The summed E-state index contributed by atoms with van der Waals surface area (Å²) >= 11 is 1.50. The zero-order chi connectivity index (χ0) is 16.4. The number of carbonyl (C=O) groups is 2. The second-order valence-corrected chi connectivity index (χ2v) is 6.66. The molecule has 0 bridgehead atoms. The lowest BCUT2D eigenvalue weighted by Gasteiger charge is -2.09. The third-order valence-corrected chi connectivity index (χ3v) is 5.22. The molecule has 1 aromatic heterocycles. The van der Waals surface area contributed by atoms with E-state index in [0.717, 1.165) is 30.4 Å². The first kappa shape index (κ1) is 15.7. The van der Waals surface area contributed by atoms with Crippen LogP contribution in [0, 0.1) is 6.92 Å². The fourth-order valence-corrected chi connectivity index (χ4v) is 4.18. The number of anilines is 1. The maximum Gasteiger partial charge on any atom is 0.341 e. The summed E-state index contributed by atoms with van der Waals surface area (Å²) in [5, 5.41) is 3.53. The van der Waals surface area contributed by atoms with Gasteiger partial charge in [0.1, 0.15) is 5.00 Å². The fraction of sp³-hybridized carbons (Fsp3) is 0.333. The van der Waals surface area contributed by atoms with Crippen LogP contribution in [-0.4, -0.2) is 18.5 Å². The first-order chi connectivity index (χ1) is 11.1. The first-order valence-corrected chi connectivity index (χ1v) is 8.62. The van der Waals surface area contributed by atoms with E-state index < -0.39 is 0 Å². The van der Waals surface area contributed by atoms with E-state index in [9.17, 15) is 9.59 Å². The van der Waals surface area contributed by atoms with Gasteiger partial charge < -0.3 is 10.1 Å². The van der Waals surface area contributed by atoms with E-state index in [1.807, 2.05) is 25.1 Å². The van der Waals surface area contributed by atoms with Gasteiger partial charge in [0.15, 0.2) is 0 Å². The minimum atomic E-state index is -0.341. The number of hydrogen-bond donors (Lipinski definition) is 1. The Labute approximate surface area is 139 Å². The summed E-state index contributed by atoms with van der Waals surface area (Å²) in [5.74, 6) is -0.527. The molecule has 1 aliphatic carbocycles. The lowest BCUT2D eigenvalue weighted by atomic mass is 10.1. The lowest BCUT2D eigenvalue weighted by molar-refractivity contribution is 0.0527. The van der Waals surface area contributed by atoms with Crippen LogP contribution in [0.2, 0.25) is 0 Å². The van der Waals surface area contributed by atoms with E-state index in [2.05, 4.69) is 5.32 Å². The second-order valence-electron chi connectivity index (χ2n) is 5.55. The number of esters is 1. The zero-order valence-corrected chi connectivity index (χ0v) is 14.1. The summed E-state index contributed by atoms with van der Waals surface area (Å²) in [6.45, 7) is 4.01. The molecule has 0 spiro atoms. The van der Waals surface area contributed by atoms with Crippen molar-refractivity contribution in [2.24, 2.45) is 0 Å². The third-order valence-electron chi connectivity index (χ3n) is 4.02. The van der Waals surface area contributed by atoms with Gasteiger partial charge in [-0.15, -0.1) is 11.3 Å². The topological polar surface area (TPSA) is 55.4 Å². The minimum absolute atomic E-state index is 0.187. The molecule has 120 valence electrons. The van der Waals surface area contributed by atoms with Crippen molar-refractivity contribution in [3.05, 3.63) is 51.4 Å². The Kier molecular flexibility index (Phi) is 4.48. The van der Waals surface area contributed by atoms with Crippen LogP contribution in [0.3, 0.4) is 0 Å². The summed E-state index contributed by atoms with van der Waals surface area (Å²) < 4.78 is 5.18. The number of aryl methyl sites for hydroxylation is 2. The maximum atomic E-state index is 12.5. The molecule has 0 saturated heterocycles. The standard InChI is InChI=1S/C18H19NO3S/c1-3-22-18(21)15-13-9-6-10-14(13)23-17(15)19-16(20)12-8-5-4-7-11(12)2/h4-5,7-8H,3,6,9-10H2,1-2H3,(H,19,20). The summed E-state index contributed by atoms with van der Waals surface area (Å²) in [6, 6.07) is 7.42. The Morgan fingerprint density at radius 2 is 2.04 bits per heavy atom. The molecule has 1 N–H and O–H groups in total. The normalized spacial score (nSPS) is 12.8. The average Bonchev–Trinajstić information content (AvgIpc) is 3.08. The molecular weight excluding hydrogens is 310 g/mol. The summed E-state index contributed by atoms with van der Waals surface area (Å²) in [6.07, 6.45) is 2.90. The molecule has 4 nitrogen and oxygen atoms in total. The van der Waals surface area contributed by atoms with Gasteiger partial charge in [-0.3, -0.25) is 4.79 Å². The minimum Gasteiger partial charge on any atom is -0.462 e. The number of ether oxygens (including phenoxy) is 1. The van der Waals surface area contributed by atoms with Crippen LogP contribution in [0.15, 0.2) is 24.3 Å². The van der Waals surface area contributed by atoms with Gasteiger partial charge in [-0.1, -0.05) is 18.2 Å². The average molecular weight is 329 g/mol. The predicted molar refractivity (Wildman–Crippen MR) is 91.4 cm³/mol. The molecule has 1 aliphatic rings. The van der Waals surface area contributed by atoms with Crippen molar-refractivity contribution in [2.45, 2.75) is 33.1 Å². The summed E-state index contributed by atoms with van der Waals surface area (Å²) in [5.41, 5.74) is 3.13. The van der Waals surface area contributed by atoms with E-state index in [0.29, 0.717) is 22.7 Å². The number of hydrogen-bond acceptors (Lipinski definition) is 4. The molecule has 0 radical (unpaired) electrons. The van der Waals surface area contributed by atoms with Crippen LogP contribution in [0.1, 0.15) is 50.1 Å². The zero-order valence-electron chi connectivity index (χ0n) is 13.3. The number of rotatable bonds is 4. The first-order valence-electron chi connectivity index (χ1n) is 7.80. The Bertz CT molecular complexity index is 764. The van der Waals surface area contributed by atoms with Crippen LogP contribution in [0.25, 0.3) is 0 Å². The highest BCUT2D eigenvalue weighted by Crippen LogP contribution is 2.39. The molecule has 1 heterocycles. The number of benzene rings is 1. The van der Waals surface area contributed by atoms with Crippen molar-refractivity contribution in [1.82, 2.24) is 0 Å². The molecule has 0 saturated carbocycles. The number of amides is 1. The van der Waals surface area contributed by atoms with E-state index >= 15 is 0 Å². The fourth-order valence-electron chi connectivity index (χ4n) is 2.91. The van der Waals surface area contributed by atoms with Crippen LogP contribution in [-0.2, 0) is 17.6 Å². The van der Waals surface area contributed by atoms with Crippen LogP contribution >= 0.6 is 11.3 Å². The monoisotopic (exact) mass is 329 g/mol. The highest BCUT2D eigenvalue weighted by Gasteiger charge is 2.28. The van der Waals surface area contributed by atoms with Crippen molar-refractivity contribution in [3.63, 3.8) is 0 Å². The second kappa shape index (κ2) is 6.54. The molecule has 0 unspecified atom stereocenters. The van der Waals surface area contributed by atoms with Crippen molar-refractivity contribution < 1.29 is 14.3 Å². The Morgan fingerprint density at radius 1 is 1.26 bits per heavy atom. The van der Waals surface area contributed by atoms with Gasteiger partial charge in [-0.05, 0) is 50.3 Å². The summed E-state index contributed by atoms with van der Waals surface area (Å²) in [7, 11) is 0. The lowest BCUT2D eigenvalue weighted by Crippen LogP contribution is -2.16. The van der Waals surface area contributed by atoms with Crippen molar-refractivity contribution >= 4 is 28.2 Å². The van der Waals surface area contributed by atoms with Crippen molar-refractivity contribution in [2.75, 3.05) is 11.9 Å². The van der Waals surface area contributed by atoms with Gasteiger partial charge in [0.05, 0.1) is 12.2 Å². The number of carbonyl (C=O) groups excluding carboxylic acids is 2. The molecule has 0 fully saturated rings. The molecule has 0 aliphatic heterocycles. The molecule has 2 aromatic rings. The summed E-state index contributed by atoms with van der Waals surface area (Å²) in [4.78, 5) is 26.0. The van der Waals surface area contributed by atoms with Gasteiger partial charge >= 0.3 is 5.97 Å². The molecule has 0 atom stereocenters. The van der Waals surface area contributed by atoms with E-state index in [4.69, 9.17) is 4.74 Å². The largest absolute Gasteiger partial charge is 0.462 e. The quantitative estimate of drug-likeness (QED) is 0.863. The number of fused-ring (bicyclic) bond motifs is 1. The van der Waals surface area contributed by atoms with Crippen LogP contribution in [0.4, 0.5) is 5.00 Å². The Balaban J connectivity index is 1.93. The van der Waals surface area contributed by atoms with Gasteiger partial charge in [0.25, 0.3) is 5.91 Å². The van der Waals surface area contributed by atoms with Gasteiger partial charge in [-0.25, -0.2) is 4.79 Å². The SMILES string of the molecule is CCOC(=O)c1c(NC(=O)c2ccccc2C)sc2c1CCC2. The molecular formula is C18H19NO3S. The van der Waals surface area contributed by atoms with Gasteiger partial charge in [0.2, 0.25) is 0 Å². The van der Waals surface area contributed by atoms with Crippen LogP contribution in [0.5, 0.6) is 0 Å². The highest BCUT2D eigenvalue weighted by atomic mass is 32.1. The predicted octanol–water partition coefficient (Wildman–Crippen LogP) is 3.97. The Morgan fingerprint density at radius 3 is 2.78 bits per heavy atom. The number of thiophene rings is 1. The smallest absolute Gasteiger partial charge is 0.341 e. The molecule has 23 heavy (non-hydrogen) atoms. The van der Waals surface area contributed by atoms with Gasteiger partial charge in [-0.2, -0.15) is 0 Å². The van der Waals surface area contributed by atoms with Crippen molar-refractivity contribution in [3.8, 4) is 0 Å². The molecule has 1 amide bonds. The van der Waals surface area contributed by atoms with E-state index in [1.165, 1.54) is 16.2 Å². The molecule has 5 heteroatoms. The van der Waals surface area contributed by atoms with E-state index in [-0.39, 0.29) is 11.9 Å². The Hall–Kier alpha value is -2.14. The third kappa shape index (κ3) is 3.01.